The summed E-state index contributed by atoms with van der Waals surface area (Å²) in [5, 5.41) is 0. The van der Waals surface area contributed by atoms with E-state index >= 15 is 0 Å². The second kappa shape index (κ2) is 5.54. The summed E-state index contributed by atoms with van der Waals surface area (Å²) in [5.41, 5.74) is 0.812. The van der Waals surface area contributed by atoms with Gasteiger partial charge in [-0.25, -0.2) is 0 Å². The second-order valence-corrected chi connectivity index (χ2v) is 13.5. The van der Waals surface area contributed by atoms with E-state index in [1.807, 2.05) is 25.1 Å². The van der Waals surface area contributed by atoms with Gasteiger partial charge in [-0.3, -0.25) is 0 Å². The Morgan fingerprint density at radius 2 is 2.29 bits per heavy atom. The first kappa shape index (κ1) is 11.8. The summed E-state index contributed by atoms with van der Waals surface area (Å²) < 4.78 is 1.16. The summed E-state index contributed by atoms with van der Waals surface area (Å²) >= 11 is -1.26. The van der Waals surface area contributed by atoms with Crippen molar-refractivity contribution in [2.75, 3.05) is 0 Å². The summed E-state index contributed by atoms with van der Waals surface area (Å²) in [6, 6.07) is 10.3. The van der Waals surface area contributed by atoms with Crippen LogP contribution in [0.25, 0.3) is 0 Å². The van der Waals surface area contributed by atoms with Crippen LogP contribution in [0.1, 0.15) is 17.3 Å². The third kappa shape index (κ3) is 3.44. The molecule has 1 rings (SSSR count). The molecule has 0 fully saturated rings. The Bertz CT molecular complexity index is 292. The van der Waals surface area contributed by atoms with Crippen LogP contribution in [0.5, 0.6) is 0 Å². The van der Waals surface area contributed by atoms with E-state index in [-0.39, 0.29) is 11.7 Å². The van der Waals surface area contributed by atoms with Crippen LogP contribution in [0.2, 0.25) is 14.3 Å². The van der Waals surface area contributed by atoms with Crippen LogP contribution in [0.4, 0.5) is 0 Å². The zero-order valence-corrected chi connectivity index (χ0v) is 12.4. The first-order valence-corrected chi connectivity index (χ1v) is 14.0. The minimum atomic E-state index is -1.26. The number of carbonyl (C=O) groups is 1. The van der Waals surface area contributed by atoms with Gasteiger partial charge >= 0.3 is 93.4 Å². The molecular formula is C12H17OSn. The number of rotatable bonds is 4. The summed E-state index contributed by atoms with van der Waals surface area (Å²) in [6.07, 6.45) is 0. The first-order valence-electron chi connectivity index (χ1n) is 5.11. The molecular weight excluding hydrogens is 279 g/mol. The fraction of sp³-hybridized carbons (Fsp3) is 0.417. The Kier molecular flexibility index (Phi) is 4.65. The van der Waals surface area contributed by atoms with Gasteiger partial charge in [-0.05, 0) is 0 Å². The van der Waals surface area contributed by atoms with Gasteiger partial charge in [0.25, 0.3) is 0 Å². The third-order valence-corrected chi connectivity index (χ3v) is 6.97. The maximum absolute atomic E-state index is 11.9. The van der Waals surface area contributed by atoms with Gasteiger partial charge in [-0.1, -0.05) is 0 Å². The molecule has 0 amide bonds. The zero-order chi connectivity index (χ0) is 10.6. The molecule has 1 nitrogen and oxygen atoms in total. The monoisotopic (exact) mass is 297 g/mol. The second-order valence-electron chi connectivity index (χ2n) is 4.19. The molecule has 0 heterocycles. The molecule has 0 bridgehead atoms. The number of Topliss-reactive ketones (excluding diaryl/α,β-unsaturated/α-hetero) is 1. The zero-order valence-electron chi connectivity index (χ0n) is 9.08. The fourth-order valence-corrected chi connectivity index (χ4v) is 6.29. The molecule has 0 aliphatic rings. The average Bonchev–Trinajstić information content (AvgIpc) is 2.17. The molecule has 75 valence electrons. The molecule has 1 unspecified atom stereocenters. The Morgan fingerprint density at radius 1 is 1.57 bits per heavy atom. The Labute approximate surface area is 93.3 Å². The average molecular weight is 296 g/mol. The summed E-state index contributed by atoms with van der Waals surface area (Å²) in [5.74, 6) is 0.494. The molecule has 0 spiro atoms. The minimum absolute atomic E-state index is 0.210. The molecule has 1 aromatic carbocycles. The van der Waals surface area contributed by atoms with E-state index in [0.717, 1.165) is 10.0 Å². The molecule has 2 heteroatoms. The molecule has 1 atom stereocenters. The predicted octanol–water partition coefficient (Wildman–Crippen LogP) is 2.79. The number of hydrogen-bond donors (Lipinski definition) is 0. The van der Waals surface area contributed by atoms with Crippen LogP contribution in [-0.4, -0.2) is 25.5 Å². The van der Waals surface area contributed by atoms with Crippen LogP contribution in [-0.2, 0) is 0 Å². The molecule has 1 aromatic rings. The van der Waals surface area contributed by atoms with E-state index < -0.39 is 19.8 Å². The molecule has 14 heavy (non-hydrogen) atoms. The van der Waals surface area contributed by atoms with Crippen molar-refractivity contribution in [2.45, 2.75) is 21.2 Å². The van der Waals surface area contributed by atoms with Crippen LogP contribution < -0.4 is 0 Å². The standard InChI is InChI=1S/C10H10O.2CH3.Sn.H/c1-8(2)10(11)9-6-4-3-5-7-9;;;;/h3-4,6-8H,1H2,2H3;2*1H3;;. The van der Waals surface area contributed by atoms with E-state index in [2.05, 4.69) is 15.9 Å². The van der Waals surface area contributed by atoms with E-state index in [4.69, 9.17) is 0 Å². The topological polar surface area (TPSA) is 17.1 Å². The molecule has 0 saturated heterocycles. The van der Waals surface area contributed by atoms with Crippen molar-refractivity contribution in [1.82, 2.24) is 0 Å². The summed E-state index contributed by atoms with van der Waals surface area (Å²) in [6.45, 7) is 2.05. The van der Waals surface area contributed by atoms with Crippen molar-refractivity contribution >= 4 is 25.5 Å². The van der Waals surface area contributed by atoms with Crippen LogP contribution in [0, 0.1) is 12.0 Å². The molecule has 0 aromatic heterocycles. The predicted molar refractivity (Wildman–Crippen MR) is 62.5 cm³/mol. The number of benzene rings is 1. The van der Waals surface area contributed by atoms with Crippen LogP contribution >= 0.6 is 0 Å². The van der Waals surface area contributed by atoms with Gasteiger partial charge in [-0.2, -0.15) is 0 Å². The van der Waals surface area contributed by atoms with Gasteiger partial charge in [0.2, 0.25) is 0 Å². The number of hydrogen-bond acceptors (Lipinski definition) is 1. The van der Waals surface area contributed by atoms with Gasteiger partial charge in [-0.15, -0.1) is 0 Å². The number of carbonyl (C=O) groups excluding carboxylic acids is 1. The summed E-state index contributed by atoms with van der Waals surface area (Å²) in [4.78, 5) is 16.6. The Balaban J connectivity index is 2.66. The van der Waals surface area contributed by atoms with Gasteiger partial charge < -0.3 is 0 Å². The van der Waals surface area contributed by atoms with Crippen molar-refractivity contribution in [3.63, 3.8) is 0 Å². The van der Waals surface area contributed by atoms with Crippen LogP contribution in [0.15, 0.2) is 24.3 Å². The van der Waals surface area contributed by atoms with Crippen molar-refractivity contribution in [3.8, 4) is 0 Å². The maximum atomic E-state index is 11.9. The Morgan fingerprint density at radius 3 is 2.79 bits per heavy atom. The van der Waals surface area contributed by atoms with E-state index in [1.165, 1.54) is 0 Å². The van der Waals surface area contributed by atoms with E-state index in [1.54, 1.807) is 6.07 Å². The first-order chi connectivity index (χ1) is 6.61. The normalized spacial score (nSPS) is 12.9. The van der Waals surface area contributed by atoms with E-state index in [9.17, 15) is 4.79 Å². The quantitative estimate of drug-likeness (QED) is 0.617. The van der Waals surface area contributed by atoms with Gasteiger partial charge in [0.15, 0.2) is 0 Å². The SMILES string of the molecule is CC([CH2][SnH]([CH3])[CH3])C(=O)c1c[c]ccc1. The van der Waals surface area contributed by atoms with Crippen molar-refractivity contribution in [3.05, 3.63) is 35.9 Å². The van der Waals surface area contributed by atoms with Gasteiger partial charge in [0.05, 0.1) is 0 Å². The summed E-state index contributed by atoms with van der Waals surface area (Å²) in [7, 11) is 0. The molecule has 1 radical (unpaired) electrons. The number of ketones is 1. The fourth-order valence-electron chi connectivity index (χ4n) is 1.65. The van der Waals surface area contributed by atoms with Crippen molar-refractivity contribution in [2.24, 2.45) is 5.92 Å². The van der Waals surface area contributed by atoms with Gasteiger partial charge in [0.1, 0.15) is 0 Å². The molecule has 0 aliphatic heterocycles. The molecule has 0 aliphatic carbocycles. The van der Waals surface area contributed by atoms with Crippen LogP contribution in [0.3, 0.4) is 0 Å². The third-order valence-electron chi connectivity index (χ3n) is 2.26. The molecule has 0 saturated carbocycles. The molecule has 0 N–H and O–H groups in total. The van der Waals surface area contributed by atoms with Gasteiger partial charge in [0, 0.05) is 0 Å². The van der Waals surface area contributed by atoms with Crippen molar-refractivity contribution < 1.29 is 4.79 Å². The van der Waals surface area contributed by atoms with Crippen molar-refractivity contribution in [1.29, 1.82) is 0 Å². The Hall–Kier alpha value is -0.311. The van der Waals surface area contributed by atoms with E-state index in [0.29, 0.717) is 0 Å².